The second-order valence-corrected chi connectivity index (χ2v) is 7.20. The number of piperazine rings is 1. The van der Waals surface area contributed by atoms with Gasteiger partial charge in [0.2, 0.25) is 11.9 Å². The van der Waals surface area contributed by atoms with Gasteiger partial charge in [0.15, 0.2) is 0 Å². The molecule has 0 radical (unpaired) electrons. The number of carbonyl (C=O) groups is 1. The first-order valence-electron chi connectivity index (χ1n) is 8.17. The molecule has 2 heterocycles. The van der Waals surface area contributed by atoms with Gasteiger partial charge in [0.05, 0.1) is 26.8 Å². The molecule has 1 aliphatic heterocycles. The summed E-state index contributed by atoms with van der Waals surface area (Å²) in [5.74, 6) is 0.571. The monoisotopic (exact) mass is 413 g/mol. The molecule has 9 heteroatoms. The molecule has 0 spiro atoms. The Morgan fingerprint density at radius 1 is 1.04 bits per heavy atom. The number of rotatable bonds is 4. The molecule has 0 saturated carbocycles. The molecule has 26 heavy (non-hydrogen) atoms. The van der Waals surface area contributed by atoms with E-state index in [-0.39, 0.29) is 11.9 Å². The van der Waals surface area contributed by atoms with Crippen LogP contribution in [0.4, 0.5) is 11.6 Å². The number of carbonyl (C=O) groups excluding carboxylic acids is 1. The third kappa shape index (κ3) is 4.38. The first-order valence-corrected chi connectivity index (χ1v) is 9.30. The van der Waals surface area contributed by atoms with Crippen LogP contribution in [0.1, 0.15) is 6.92 Å². The van der Waals surface area contributed by atoms with Gasteiger partial charge in [-0.25, -0.2) is 9.97 Å². The summed E-state index contributed by atoms with van der Waals surface area (Å²) >= 11 is 18.1. The van der Waals surface area contributed by atoms with Crippen molar-refractivity contribution in [2.75, 3.05) is 36.4 Å². The predicted molar refractivity (Wildman–Crippen MR) is 105 cm³/mol. The van der Waals surface area contributed by atoms with Gasteiger partial charge >= 0.3 is 0 Å². The van der Waals surface area contributed by atoms with Crippen LogP contribution < -0.4 is 10.2 Å². The van der Waals surface area contributed by atoms with E-state index in [1.807, 2.05) is 6.92 Å². The van der Waals surface area contributed by atoms with Crippen molar-refractivity contribution in [3.05, 3.63) is 45.7 Å². The molecular weight excluding hydrogens is 397 g/mol. The fraction of sp³-hybridized carbons (Fsp3) is 0.353. The van der Waals surface area contributed by atoms with Crippen LogP contribution in [0.2, 0.25) is 15.1 Å². The molecule has 0 bridgehead atoms. The molecule has 0 unspecified atom stereocenters. The summed E-state index contributed by atoms with van der Waals surface area (Å²) in [4.78, 5) is 25.3. The van der Waals surface area contributed by atoms with E-state index < -0.39 is 0 Å². The van der Waals surface area contributed by atoms with Crippen molar-refractivity contribution in [3.8, 4) is 0 Å². The zero-order valence-corrected chi connectivity index (χ0v) is 16.4. The first-order chi connectivity index (χ1) is 12.5. The summed E-state index contributed by atoms with van der Waals surface area (Å²) < 4.78 is 0. The van der Waals surface area contributed by atoms with Crippen LogP contribution in [0.15, 0.2) is 30.6 Å². The second kappa shape index (κ2) is 8.39. The standard InChI is InChI=1S/C17H18Cl3N5O/c1-11(16(26)23-15-10-13(19)12(18)9-14(15)20)24-5-7-25(8-6-24)17-21-3-2-4-22-17/h2-4,9-11H,5-8H2,1H3,(H,23,26)/t11-/m0/s1. The number of anilines is 2. The van der Waals surface area contributed by atoms with Gasteiger partial charge in [-0.05, 0) is 25.1 Å². The van der Waals surface area contributed by atoms with E-state index in [4.69, 9.17) is 34.8 Å². The molecule has 1 amide bonds. The van der Waals surface area contributed by atoms with Crippen LogP contribution in [-0.4, -0.2) is 53.0 Å². The van der Waals surface area contributed by atoms with E-state index in [0.29, 0.717) is 26.7 Å². The van der Waals surface area contributed by atoms with Crippen molar-refractivity contribution in [1.29, 1.82) is 0 Å². The topological polar surface area (TPSA) is 61.4 Å². The molecule has 1 aromatic heterocycles. The van der Waals surface area contributed by atoms with Crippen molar-refractivity contribution in [2.24, 2.45) is 0 Å². The summed E-state index contributed by atoms with van der Waals surface area (Å²) in [5.41, 5.74) is 0.453. The second-order valence-electron chi connectivity index (χ2n) is 5.98. The third-order valence-corrected chi connectivity index (χ3v) is 5.38. The minimum Gasteiger partial charge on any atom is -0.338 e. The summed E-state index contributed by atoms with van der Waals surface area (Å²) in [6, 6.07) is 4.56. The van der Waals surface area contributed by atoms with Crippen molar-refractivity contribution in [1.82, 2.24) is 14.9 Å². The Kier molecular flexibility index (Phi) is 6.19. The van der Waals surface area contributed by atoms with Gasteiger partial charge in [-0.15, -0.1) is 0 Å². The van der Waals surface area contributed by atoms with Gasteiger partial charge in [0.1, 0.15) is 0 Å². The van der Waals surface area contributed by atoms with Gasteiger partial charge < -0.3 is 10.2 Å². The van der Waals surface area contributed by atoms with Gasteiger partial charge in [-0.3, -0.25) is 9.69 Å². The third-order valence-electron chi connectivity index (χ3n) is 4.34. The number of hydrogen-bond donors (Lipinski definition) is 1. The van der Waals surface area contributed by atoms with Crippen LogP contribution >= 0.6 is 34.8 Å². The lowest BCUT2D eigenvalue weighted by molar-refractivity contribution is -0.120. The van der Waals surface area contributed by atoms with Gasteiger partial charge in [-0.1, -0.05) is 34.8 Å². The number of amides is 1. The summed E-state index contributed by atoms with van der Waals surface area (Å²) in [6.07, 6.45) is 3.46. The number of aromatic nitrogens is 2. The SMILES string of the molecule is C[C@@H](C(=O)Nc1cc(Cl)c(Cl)cc1Cl)N1CCN(c2ncccn2)CC1. The van der Waals surface area contributed by atoms with Gasteiger partial charge in [-0.2, -0.15) is 0 Å². The predicted octanol–water partition coefficient (Wildman–Crippen LogP) is 3.59. The highest BCUT2D eigenvalue weighted by Gasteiger charge is 2.27. The van der Waals surface area contributed by atoms with Crippen LogP contribution in [-0.2, 0) is 4.79 Å². The molecule has 6 nitrogen and oxygen atoms in total. The van der Waals surface area contributed by atoms with Crippen molar-refractivity contribution >= 4 is 52.3 Å². The Labute approximate surface area is 167 Å². The smallest absolute Gasteiger partial charge is 0.241 e. The molecule has 138 valence electrons. The summed E-state index contributed by atoms with van der Waals surface area (Å²) in [6.45, 7) is 4.86. The van der Waals surface area contributed by atoms with Crippen molar-refractivity contribution in [3.63, 3.8) is 0 Å². The molecule has 3 rings (SSSR count). The molecule has 1 saturated heterocycles. The molecule has 1 aromatic carbocycles. The maximum atomic E-state index is 12.6. The number of halogens is 3. The Hall–Kier alpha value is -1.60. The highest BCUT2D eigenvalue weighted by Crippen LogP contribution is 2.32. The Bertz CT molecular complexity index is 781. The van der Waals surface area contributed by atoms with E-state index in [1.54, 1.807) is 24.5 Å². The van der Waals surface area contributed by atoms with Crippen molar-refractivity contribution in [2.45, 2.75) is 13.0 Å². The summed E-state index contributed by atoms with van der Waals surface area (Å²) in [5, 5.41) is 3.87. The average molecular weight is 415 g/mol. The fourth-order valence-corrected chi connectivity index (χ4v) is 3.38. The lowest BCUT2D eigenvalue weighted by atomic mass is 10.2. The largest absolute Gasteiger partial charge is 0.338 e. The highest BCUT2D eigenvalue weighted by atomic mass is 35.5. The number of nitrogens with one attached hydrogen (secondary N) is 1. The van der Waals surface area contributed by atoms with Crippen LogP contribution in [0.3, 0.4) is 0 Å². The zero-order valence-electron chi connectivity index (χ0n) is 14.1. The average Bonchev–Trinajstić information content (AvgIpc) is 2.66. The Morgan fingerprint density at radius 2 is 1.65 bits per heavy atom. The van der Waals surface area contributed by atoms with Crippen LogP contribution in [0, 0.1) is 0 Å². The molecule has 1 atom stereocenters. The lowest BCUT2D eigenvalue weighted by Gasteiger charge is -2.37. The quantitative estimate of drug-likeness (QED) is 0.775. The van der Waals surface area contributed by atoms with E-state index in [9.17, 15) is 4.79 Å². The van der Waals surface area contributed by atoms with E-state index in [0.717, 1.165) is 26.2 Å². The maximum absolute atomic E-state index is 12.6. The number of hydrogen-bond acceptors (Lipinski definition) is 5. The van der Waals surface area contributed by atoms with E-state index >= 15 is 0 Å². The number of benzene rings is 1. The maximum Gasteiger partial charge on any atom is 0.241 e. The van der Waals surface area contributed by atoms with Crippen LogP contribution in [0.5, 0.6) is 0 Å². The number of nitrogens with zero attached hydrogens (tertiary/aromatic N) is 4. The zero-order chi connectivity index (χ0) is 18.7. The Balaban J connectivity index is 1.59. The first kappa shape index (κ1) is 19.2. The highest BCUT2D eigenvalue weighted by molar-refractivity contribution is 6.44. The molecule has 1 fully saturated rings. The van der Waals surface area contributed by atoms with E-state index in [1.165, 1.54) is 6.07 Å². The lowest BCUT2D eigenvalue weighted by Crippen LogP contribution is -2.53. The Morgan fingerprint density at radius 3 is 2.31 bits per heavy atom. The molecule has 1 aliphatic rings. The fourth-order valence-electron chi connectivity index (χ4n) is 2.79. The molecular formula is C17H18Cl3N5O. The van der Waals surface area contributed by atoms with E-state index in [2.05, 4.69) is 25.1 Å². The van der Waals surface area contributed by atoms with Crippen LogP contribution in [0.25, 0.3) is 0 Å². The molecule has 2 aromatic rings. The summed E-state index contributed by atoms with van der Waals surface area (Å²) in [7, 11) is 0. The van der Waals surface area contributed by atoms with Gasteiger partial charge in [0, 0.05) is 38.6 Å². The minimum absolute atomic E-state index is 0.144. The normalized spacial score (nSPS) is 16.4. The molecule has 0 aliphatic carbocycles. The van der Waals surface area contributed by atoms with Gasteiger partial charge in [0.25, 0.3) is 0 Å². The molecule has 1 N–H and O–H groups in total. The van der Waals surface area contributed by atoms with Crippen molar-refractivity contribution < 1.29 is 4.79 Å². The minimum atomic E-state index is -0.306.